The van der Waals surface area contributed by atoms with Crippen molar-refractivity contribution in [2.24, 2.45) is 28.1 Å². The summed E-state index contributed by atoms with van der Waals surface area (Å²) in [6.07, 6.45) is -1.44. The van der Waals surface area contributed by atoms with E-state index in [4.69, 9.17) is 32.8 Å². The van der Waals surface area contributed by atoms with Gasteiger partial charge in [-0.15, -0.1) is 0 Å². The molecular weight excluding hydrogens is 576 g/mol. The second-order valence-corrected chi connectivity index (χ2v) is 14.3. The second-order valence-electron chi connectivity index (χ2n) is 14.3. The Morgan fingerprint density at radius 3 is 2.11 bits per heavy atom. The average molecular weight is 617 g/mol. The van der Waals surface area contributed by atoms with E-state index in [2.05, 4.69) is 0 Å². The molecule has 6 rings (SSSR count). The number of esters is 5. The second kappa shape index (κ2) is 9.55. The molecule has 1 aromatic heterocycles. The summed E-state index contributed by atoms with van der Waals surface area (Å²) in [5.74, 6) is -4.07. The summed E-state index contributed by atoms with van der Waals surface area (Å²) in [6, 6.07) is 1.71. The van der Waals surface area contributed by atoms with Crippen LogP contribution in [-0.4, -0.2) is 65.5 Å². The van der Waals surface area contributed by atoms with E-state index in [-0.39, 0.29) is 19.3 Å². The Hall–Kier alpha value is -3.41. The zero-order valence-electron chi connectivity index (χ0n) is 26.3. The quantitative estimate of drug-likeness (QED) is 0.275. The molecule has 0 bridgehead atoms. The number of cyclic esters (lactones) is 2. The van der Waals surface area contributed by atoms with Gasteiger partial charge < -0.3 is 32.8 Å². The third kappa shape index (κ3) is 3.88. The minimum atomic E-state index is -1.26. The number of epoxide rings is 1. The van der Waals surface area contributed by atoms with Gasteiger partial charge in [0.1, 0.15) is 35.6 Å². The zero-order chi connectivity index (χ0) is 32.2. The summed E-state index contributed by atoms with van der Waals surface area (Å²) in [5.41, 5.74) is -5.06. The smallest absolute Gasteiger partial charge is 0.339 e. The predicted molar refractivity (Wildman–Crippen MR) is 147 cm³/mol. The van der Waals surface area contributed by atoms with Crippen molar-refractivity contribution in [3.05, 3.63) is 24.2 Å². The van der Waals surface area contributed by atoms with E-state index >= 15 is 0 Å². The van der Waals surface area contributed by atoms with Gasteiger partial charge in [-0.1, -0.05) is 20.8 Å². The molecule has 44 heavy (non-hydrogen) atoms. The number of hydrogen-bond donors (Lipinski definition) is 0. The summed E-state index contributed by atoms with van der Waals surface area (Å²) in [4.78, 5) is 65.0. The molecule has 1 aromatic rings. The number of fused-ring (bicyclic) bond motifs is 3. The van der Waals surface area contributed by atoms with E-state index < -0.39 is 99.6 Å². The first-order valence-electron chi connectivity index (χ1n) is 15.1. The Morgan fingerprint density at radius 1 is 0.886 bits per heavy atom. The zero-order valence-corrected chi connectivity index (χ0v) is 26.3. The predicted octanol–water partition coefficient (Wildman–Crippen LogP) is 3.59. The van der Waals surface area contributed by atoms with Gasteiger partial charge in [-0.05, 0) is 32.8 Å². The topological polar surface area (TPSA) is 157 Å². The number of carbonyl (C=O) groups excluding carboxylic acids is 5. The Morgan fingerprint density at radius 2 is 1.52 bits per heavy atom. The molecule has 3 aliphatic heterocycles. The van der Waals surface area contributed by atoms with E-state index in [1.165, 1.54) is 33.3 Å². The molecule has 2 aliphatic carbocycles. The van der Waals surface area contributed by atoms with Gasteiger partial charge in [0.05, 0.1) is 18.9 Å². The monoisotopic (exact) mass is 616 g/mol. The highest BCUT2D eigenvalue weighted by Crippen LogP contribution is 2.80. The molecule has 4 heterocycles. The summed E-state index contributed by atoms with van der Waals surface area (Å²) in [5, 5.41) is 0. The maximum atomic E-state index is 13.6. The van der Waals surface area contributed by atoms with Gasteiger partial charge in [0, 0.05) is 54.4 Å². The minimum absolute atomic E-state index is 0.184. The van der Waals surface area contributed by atoms with Crippen LogP contribution in [0.25, 0.3) is 0 Å². The lowest BCUT2D eigenvalue weighted by Gasteiger charge is -2.69. The third-order valence-corrected chi connectivity index (χ3v) is 11.5. The lowest BCUT2D eigenvalue weighted by atomic mass is 9.35. The van der Waals surface area contributed by atoms with Crippen LogP contribution in [-0.2, 0) is 52.4 Å². The van der Waals surface area contributed by atoms with Crippen molar-refractivity contribution in [2.75, 3.05) is 0 Å². The van der Waals surface area contributed by atoms with Crippen molar-refractivity contribution < 1.29 is 56.8 Å². The number of rotatable bonds is 4. The van der Waals surface area contributed by atoms with Gasteiger partial charge in [-0.3, -0.25) is 19.2 Å². The standard InChI is InChI=1S/C32H40O12/c1-15(33)39-19-13-29(6)25(18-9-10-38-14-18)42-27(37)26-32(29,44-26)31(8)22(41-17(3)35)11-20-28(4,5)43-23(36)12-21(40-16(2)34)30(20,7)24(19)31/h9-10,14,19-22,24-26H,11-13H2,1-8H3. The highest BCUT2D eigenvalue weighted by Gasteiger charge is 2.90. The molecule has 5 fully saturated rings. The first-order valence-corrected chi connectivity index (χ1v) is 15.1. The van der Waals surface area contributed by atoms with Crippen molar-refractivity contribution in [3.63, 3.8) is 0 Å². The van der Waals surface area contributed by atoms with Crippen molar-refractivity contribution in [1.29, 1.82) is 0 Å². The van der Waals surface area contributed by atoms with E-state index in [1.54, 1.807) is 19.9 Å². The molecule has 0 radical (unpaired) electrons. The fraction of sp³-hybridized carbons (Fsp3) is 0.719. The normalized spacial score (nSPS) is 45.0. The van der Waals surface area contributed by atoms with Gasteiger partial charge in [0.25, 0.3) is 0 Å². The van der Waals surface area contributed by atoms with Crippen LogP contribution >= 0.6 is 0 Å². The number of ether oxygens (including phenoxy) is 6. The summed E-state index contributed by atoms with van der Waals surface area (Å²) < 4.78 is 42.2. The van der Waals surface area contributed by atoms with Crippen LogP contribution in [0.15, 0.2) is 23.0 Å². The van der Waals surface area contributed by atoms with Crippen molar-refractivity contribution in [2.45, 2.75) is 116 Å². The maximum Gasteiger partial charge on any atom is 0.339 e. The van der Waals surface area contributed by atoms with Crippen LogP contribution in [0.2, 0.25) is 0 Å². The van der Waals surface area contributed by atoms with Crippen molar-refractivity contribution in [3.8, 4) is 0 Å². The molecule has 5 aliphatic rings. The number of carbonyl (C=O) groups is 5. The van der Waals surface area contributed by atoms with Crippen LogP contribution < -0.4 is 0 Å². The highest BCUT2D eigenvalue weighted by molar-refractivity contribution is 5.83. The summed E-state index contributed by atoms with van der Waals surface area (Å²) in [7, 11) is 0. The number of furan rings is 1. The van der Waals surface area contributed by atoms with Crippen LogP contribution in [0.1, 0.15) is 86.3 Å². The highest BCUT2D eigenvalue weighted by atomic mass is 16.7. The molecule has 11 unspecified atom stereocenters. The molecular formula is C32H40O12. The molecule has 0 aromatic carbocycles. The van der Waals surface area contributed by atoms with E-state index in [0.29, 0.717) is 5.56 Å². The van der Waals surface area contributed by atoms with Crippen LogP contribution in [0.5, 0.6) is 0 Å². The molecule has 2 saturated carbocycles. The van der Waals surface area contributed by atoms with E-state index in [0.717, 1.165) is 0 Å². The Balaban J connectivity index is 1.65. The maximum absolute atomic E-state index is 13.6. The minimum Gasteiger partial charge on any atom is -0.472 e. The first kappa shape index (κ1) is 30.6. The lowest BCUT2D eigenvalue weighted by Crippen LogP contribution is -2.77. The van der Waals surface area contributed by atoms with Crippen LogP contribution in [0.3, 0.4) is 0 Å². The van der Waals surface area contributed by atoms with E-state index in [9.17, 15) is 24.0 Å². The lowest BCUT2D eigenvalue weighted by molar-refractivity contribution is -0.303. The van der Waals surface area contributed by atoms with Crippen LogP contribution in [0.4, 0.5) is 0 Å². The van der Waals surface area contributed by atoms with E-state index in [1.807, 2.05) is 20.8 Å². The fourth-order valence-corrected chi connectivity index (χ4v) is 10.3. The van der Waals surface area contributed by atoms with Crippen LogP contribution in [0, 0.1) is 28.1 Å². The SMILES string of the molecule is CC(=O)OC1CC2(C)C(c3ccoc3)OC(=O)C3OC32C2(C)C(OC(C)=O)CC3C(C)(C)OC(=O)CC(OC(C)=O)C3(C)C12. The van der Waals surface area contributed by atoms with Gasteiger partial charge in [-0.2, -0.15) is 0 Å². The molecule has 12 nitrogen and oxygen atoms in total. The fourth-order valence-electron chi connectivity index (χ4n) is 10.3. The third-order valence-electron chi connectivity index (χ3n) is 11.5. The molecule has 1 spiro atoms. The average Bonchev–Trinajstić information content (AvgIpc) is 3.47. The molecule has 0 N–H and O–H groups in total. The summed E-state index contributed by atoms with van der Waals surface area (Å²) in [6.45, 7) is 13.2. The van der Waals surface area contributed by atoms with Crippen molar-refractivity contribution in [1.82, 2.24) is 0 Å². The Bertz CT molecular complexity index is 1420. The Kier molecular flexibility index (Phi) is 6.64. The molecule has 0 amide bonds. The van der Waals surface area contributed by atoms with Gasteiger partial charge in [-0.25, -0.2) is 4.79 Å². The van der Waals surface area contributed by atoms with Gasteiger partial charge in [0.15, 0.2) is 6.10 Å². The molecule has 11 atom stereocenters. The van der Waals surface area contributed by atoms with Crippen molar-refractivity contribution >= 4 is 29.8 Å². The molecule has 240 valence electrons. The Labute approximate surface area is 255 Å². The number of hydrogen-bond acceptors (Lipinski definition) is 12. The van der Waals surface area contributed by atoms with Gasteiger partial charge >= 0.3 is 29.8 Å². The summed E-state index contributed by atoms with van der Waals surface area (Å²) >= 11 is 0. The molecule has 12 heteroatoms. The molecule has 3 saturated heterocycles. The largest absolute Gasteiger partial charge is 0.472 e. The first-order chi connectivity index (χ1) is 20.4. The van der Waals surface area contributed by atoms with Gasteiger partial charge in [0.2, 0.25) is 0 Å².